The summed E-state index contributed by atoms with van der Waals surface area (Å²) in [6, 6.07) is 9.19. The number of esters is 1. The fourth-order valence-electron chi connectivity index (χ4n) is 1.22. The van der Waals surface area contributed by atoms with E-state index >= 15 is 0 Å². The monoisotopic (exact) mass is 307 g/mol. The fourth-order valence-corrected chi connectivity index (χ4v) is 1.48. The van der Waals surface area contributed by atoms with Crippen molar-refractivity contribution in [3.63, 3.8) is 0 Å². The van der Waals surface area contributed by atoms with Crippen molar-refractivity contribution in [2.45, 2.75) is 13.8 Å². The number of benzene rings is 1. The van der Waals surface area contributed by atoms with Crippen LogP contribution < -0.4 is 0 Å². The summed E-state index contributed by atoms with van der Waals surface area (Å²) in [6.45, 7) is 4.27. The molecule has 18 heavy (non-hydrogen) atoms. The van der Waals surface area contributed by atoms with Gasteiger partial charge in [0, 0.05) is 10.5 Å². The van der Waals surface area contributed by atoms with Crippen LogP contribution in [0.2, 0.25) is 0 Å². The van der Waals surface area contributed by atoms with Gasteiger partial charge in [-0.2, -0.15) is 5.26 Å². The highest BCUT2D eigenvalue weighted by atomic mass is 79.9. The predicted molar refractivity (Wildman–Crippen MR) is 73.5 cm³/mol. The maximum atomic E-state index is 11.5. The highest BCUT2D eigenvalue weighted by molar-refractivity contribution is 9.10. The van der Waals surface area contributed by atoms with E-state index in [-0.39, 0.29) is 5.92 Å². The van der Waals surface area contributed by atoms with Gasteiger partial charge in [-0.05, 0) is 23.6 Å². The zero-order valence-corrected chi connectivity index (χ0v) is 11.9. The molecule has 0 spiro atoms. The lowest BCUT2D eigenvalue weighted by atomic mass is 10.1. The van der Waals surface area contributed by atoms with Gasteiger partial charge in [0.2, 0.25) is 0 Å². The molecule has 0 saturated heterocycles. The van der Waals surface area contributed by atoms with E-state index in [9.17, 15) is 4.79 Å². The summed E-state index contributed by atoms with van der Waals surface area (Å²) in [4.78, 5) is 11.5. The fraction of sp³-hybridized carbons (Fsp3) is 0.286. The summed E-state index contributed by atoms with van der Waals surface area (Å²) in [5.41, 5.74) is 0.999. The molecule has 0 N–H and O–H groups in total. The molecule has 0 aliphatic heterocycles. The van der Waals surface area contributed by atoms with E-state index in [0.29, 0.717) is 17.7 Å². The minimum absolute atomic E-state index is 0.278. The number of rotatable bonds is 4. The first-order chi connectivity index (χ1) is 8.52. The van der Waals surface area contributed by atoms with E-state index in [0.717, 1.165) is 4.47 Å². The van der Waals surface area contributed by atoms with E-state index in [1.165, 1.54) is 6.08 Å². The molecule has 0 unspecified atom stereocenters. The third-order valence-electron chi connectivity index (χ3n) is 2.10. The summed E-state index contributed by atoms with van der Waals surface area (Å²) < 4.78 is 5.93. The van der Waals surface area contributed by atoms with Crippen LogP contribution in [0.3, 0.4) is 0 Å². The van der Waals surface area contributed by atoms with Crippen LogP contribution in [-0.2, 0) is 9.53 Å². The van der Waals surface area contributed by atoms with Crippen molar-refractivity contribution < 1.29 is 9.53 Å². The molecule has 0 bridgehead atoms. The van der Waals surface area contributed by atoms with Crippen molar-refractivity contribution in [3.8, 4) is 6.07 Å². The molecule has 3 nitrogen and oxygen atoms in total. The number of carbonyl (C=O) groups is 1. The number of halogens is 1. The first-order valence-corrected chi connectivity index (χ1v) is 6.36. The second kappa shape index (κ2) is 6.97. The highest BCUT2D eigenvalue weighted by Crippen LogP contribution is 2.17. The molecule has 4 heteroatoms. The summed E-state index contributed by atoms with van der Waals surface area (Å²) in [6.07, 6.45) is 1.23. The smallest absolute Gasteiger partial charge is 0.332 e. The first kappa shape index (κ1) is 14.5. The van der Waals surface area contributed by atoms with Gasteiger partial charge < -0.3 is 4.74 Å². The van der Waals surface area contributed by atoms with E-state index in [4.69, 9.17) is 10.00 Å². The number of nitriles is 1. The standard InChI is InChI=1S/C14H14BrNO2/c1-10(2)9-18-14(17)7-12(8-16)11-3-5-13(15)6-4-11/h3-7,10H,9H2,1-2H3. The molecule has 0 fully saturated rings. The molecular weight excluding hydrogens is 294 g/mol. The lowest BCUT2D eigenvalue weighted by molar-refractivity contribution is -0.138. The maximum Gasteiger partial charge on any atom is 0.332 e. The third kappa shape index (κ3) is 4.72. The Kier molecular flexibility index (Phi) is 5.60. The zero-order chi connectivity index (χ0) is 13.5. The first-order valence-electron chi connectivity index (χ1n) is 5.57. The van der Waals surface area contributed by atoms with Gasteiger partial charge in [-0.15, -0.1) is 0 Å². The summed E-state index contributed by atoms with van der Waals surface area (Å²) in [5.74, 6) is -0.205. The average Bonchev–Trinajstić information content (AvgIpc) is 2.34. The van der Waals surface area contributed by atoms with E-state index in [1.807, 2.05) is 32.0 Å². The topological polar surface area (TPSA) is 50.1 Å². The molecule has 1 aromatic carbocycles. The Morgan fingerprint density at radius 1 is 1.44 bits per heavy atom. The molecule has 94 valence electrons. The molecule has 0 aromatic heterocycles. The van der Waals surface area contributed by atoms with Crippen molar-refractivity contribution in [1.29, 1.82) is 5.26 Å². The molecular formula is C14H14BrNO2. The average molecular weight is 308 g/mol. The predicted octanol–water partition coefficient (Wildman–Crippen LogP) is 3.56. The summed E-state index contributed by atoms with van der Waals surface area (Å²) in [7, 11) is 0. The normalized spacial score (nSPS) is 11.2. The van der Waals surface area contributed by atoms with Crippen LogP contribution >= 0.6 is 15.9 Å². The molecule has 0 atom stereocenters. The Morgan fingerprint density at radius 2 is 2.06 bits per heavy atom. The van der Waals surface area contributed by atoms with E-state index in [1.54, 1.807) is 12.1 Å². The highest BCUT2D eigenvalue weighted by Gasteiger charge is 2.06. The molecule has 0 saturated carbocycles. The number of hydrogen-bond donors (Lipinski definition) is 0. The van der Waals surface area contributed by atoms with Crippen LogP contribution in [0.15, 0.2) is 34.8 Å². The van der Waals surface area contributed by atoms with Crippen LogP contribution in [0.4, 0.5) is 0 Å². The van der Waals surface area contributed by atoms with Gasteiger partial charge in [0.05, 0.1) is 12.2 Å². The number of hydrogen-bond acceptors (Lipinski definition) is 3. The van der Waals surface area contributed by atoms with Gasteiger partial charge in [0.15, 0.2) is 0 Å². The van der Waals surface area contributed by atoms with Crippen LogP contribution in [-0.4, -0.2) is 12.6 Å². The van der Waals surface area contributed by atoms with Crippen molar-refractivity contribution >= 4 is 27.5 Å². The van der Waals surface area contributed by atoms with Crippen molar-refractivity contribution in [3.05, 3.63) is 40.4 Å². The van der Waals surface area contributed by atoms with Crippen molar-refractivity contribution in [2.24, 2.45) is 5.92 Å². The Hall–Kier alpha value is -1.60. The molecule has 0 radical (unpaired) electrons. The minimum Gasteiger partial charge on any atom is -0.462 e. The van der Waals surface area contributed by atoms with E-state index in [2.05, 4.69) is 15.9 Å². The molecule has 0 heterocycles. The molecule has 0 amide bonds. The van der Waals surface area contributed by atoms with Gasteiger partial charge in [-0.3, -0.25) is 0 Å². The Morgan fingerprint density at radius 3 is 2.56 bits per heavy atom. The largest absolute Gasteiger partial charge is 0.462 e. The van der Waals surface area contributed by atoms with Crippen LogP contribution in [0.1, 0.15) is 19.4 Å². The number of nitrogens with zero attached hydrogens (tertiary/aromatic N) is 1. The van der Waals surface area contributed by atoms with Gasteiger partial charge in [-0.25, -0.2) is 4.79 Å². The Labute approximate surface area is 115 Å². The van der Waals surface area contributed by atoms with Gasteiger partial charge in [-0.1, -0.05) is 41.9 Å². The molecule has 1 rings (SSSR count). The number of carbonyl (C=O) groups excluding carboxylic acids is 1. The lowest BCUT2D eigenvalue weighted by Crippen LogP contribution is -2.07. The number of ether oxygens (including phenoxy) is 1. The molecule has 0 aliphatic carbocycles. The minimum atomic E-state index is -0.483. The third-order valence-corrected chi connectivity index (χ3v) is 2.63. The Bertz CT molecular complexity index is 484. The van der Waals surface area contributed by atoms with E-state index < -0.39 is 5.97 Å². The summed E-state index contributed by atoms with van der Waals surface area (Å²) in [5, 5.41) is 9.04. The van der Waals surface area contributed by atoms with Gasteiger partial charge in [0.1, 0.15) is 6.07 Å². The maximum absolute atomic E-state index is 11.5. The molecule has 0 aliphatic rings. The van der Waals surface area contributed by atoms with Gasteiger partial charge in [0.25, 0.3) is 0 Å². The number of allylic oxidation sites excluding steroid dienone is 1. The zero-order valence-electron chi connectivity index (χ0n) is 10.3. The second-order valence-corrected chi connectivity index (χ2v) is 5.12. The molecule has 1 aromatic rings. The second-order valence-electron chi connectivity index (χ2n) is 4.20. The van der Waals surface area contributed by atoms with Crippen molar-refractivity contribution in [1.82, 2.24) is 0 Å². The SMILES string of the molecule is CC(C)COC(=O)C=C(C#N)c1ccc(Br)cc1. The van der Waals surface area contributed by atoms with Crippen LogP contribution in [0, 0.1) is 17.2 Å². The quantitative estimate of drug-likeness (QED) is 0.485. The summed E-state index contributed by atoms with van der Waals surface area (Å²) >= 11 is 3.31. The lowest BCUT2D eigenvalue weighted by Gasteiger charge is -2.05. The Balaban J connectivity index is 2.80. The van der Waals surface area contributed by atoms with Crippen molar-refractivity contribution in [2.75, 3.05) is 6.61 Å². The van der Waals surface area contributed by atoms with Crippen LogP contribution in [0.5, 0.6) is 0 Å². The van der Waals surface area contributed by atoms with Gasteiger partial charge >= 0.3 is 5.97 Å². The van der Waals surface area contributed by atoms with Crippen LogP contribution in [0.25, 0.3) is 5.57 Å².